The van der Waals surface area contributed by atoms with Crippen LogP contribution in [0.5, 0.6) is 0 Å². The SMILES string of the molecule is Nc1cccc(-c2ccc(CCN3CCC(C(c4ccccc4)c4ccccc4)CC3)cc2)n1.Nc1cccc(-c2ccc(CCN3CCN(C(c4ccccc4)c4ccccc4)CC3)cc2)n1. The molecule has 344 valence electrons. The van der Waals surface area contributed by atoms with Crippen molar-refractivity contribution < 1.29 is 0 Å². The molecule has 7 heteroatoms. The lowest BCUT2D eigenvalue weighted by Crippen LogP contribution is -2.48. The molecule has 2 aromatic heterocycles. The van der Waals surface area contributed by atoms with Crippen molar-refractivity contribution >= 4 is 11.6 Å². The number of hydrogen-bond donors (Lipinski definition) is 2. The molecular formula is C61H65N7. The minimum atomic E-state index is 0.317. The fourth-order valence-corrected chi connectivity index (χ4v) is 10.2. The summed E-state index contributed by atoms with van der Waals surface area (Å²) in [5.74, 6) is 2.29. The number of piperazine rings is 1. The van der Waals surface area contributed by atoms with E-state index < -0.39 is 0 Å². The molecule has 7 nitrogen and oxygen atoms in total. The fraction of sp³-hybridized carbons (Fsp3) is 0.246. The van der Waals surface area contributed by atoms with E-state index in [1.807, 2.05) is 36.4 Å². The maximum atomic E-state index is 5.83. The third-order valence-electron chi connectivity index (χ3n) is 13.9. The van der Waals surface area contributed by atoms with Gasteiger partial charge in [-0.1, -0.05) is 182 Å². The zero-order chi connectivity index (χ0) is 46.3. The van der Waals surface area contributed by atoms with Crippen LogP contribution in [0.3, 0.4) is 0 Å². The van der Waals surface area contributed by atoms with Gasteiger partial charge in [-0.15, -0.1) is 0 Å². The molecule has 0 radical (unpaired) electrons. The summed E-state index contributed by atoms with van der Waals surface area (Å²) in [6, 6.07) is 73.3. The summed E-state index contributed by atoms with van der Waals surface area (Å²) in [4.78, 5) is 16.7. The molecule has 10 rings (SSSR count). The fourth-order valence-electron chi connectivity index (χ4n) is 10.2. The third-order valence-corrected chi connectivity index (χ3v) is 13.9. The highest BCUT2D eigenvalue weighted by atomic mass is 15.3. The number of anilines is 2. The van der Waals surface area contributed by atoms with Crippen molar-refractivity contribution in [1.82, 2.24) is 24.7 Å². The molecule has 0 atom stereocenters. The predicted molar refractivity (Wildman–Crippen MR) is 282 cm³/mol. The zero-order valence-corrected chi connectivity index (χ0v) is 39.2. The van der Waals surface area contributed by atoms with E-state index in [-0.39, 0.29) is 0 Å². The average molecular weight is 896 g/mol. The Balaban J connectivity index is 0.000000170. The summed E-state index contributed by atoms with van der Waals surface area (Å²) in [6.07, 6.45) is 4.63. The van der Waals surface area contributed by atoms with Crippen molar-refractivity contribution in [3.8, 4) is 22.5 Å². The van der Waals surface area contributed by atoms with Crippen LogP contribution >= 0.6 is 0 Å². The lowest BCUT2D eigenvalue weighted by molar-refractivity contribution is 0.110. The second-order valence-electron chi connectivity index (χ2n) is 18.4. The lowest BCUT2D eigenvalue weighted by Gasteiger charge is -2.39. The molecule has 0 bridgehead atoms. The van der Waals surface area contributed by atoms with Crippen LogP contribution in [0.25, 0.3) is 22.5 Å². The van der Waals surface area contributed by atoms with Gasteiger partial charge in [-0.05, 0) is 102 Å². The van der Waals surface area contributed by atoms with E-state index >= 15 is 0 Å². The number of nitrogens with zero attached hydrogens (tertiary/aromatic N) is 5. The van der Waals surface area contributed by atoms with Gasteiger partial charge in [-0.2, -0.15) is 0 Å². The molecule has 0 saturated carbocycles. The summed E-state index contributed by atoms with van der Waals surface area (Å²) in [5.41, 5.74) is 24.1. The van der Waals surface area contributed by atoms with Gasteiger partial charge in [0.25, 0.3) is 0 Å². The van der Waals surface area contributed by atoms with Crippen molar-refractivity contribution in [3.05, 3.63) is 240 Å². The van der Waals surface area contributed by atoms with Gasteiger partial charge < -0.3 is 21.3 Å². The maximum Gasteiger partial charge on any atom is 0.124 e. The van der Waals surface area contributed by atoms with E-state index in [0.717, 1.165) is 74.6 Å². The van der Waals surface area contributed by atoms with Crippen LogP contribution in [-0.4, -0.2) is 77.0 Å². The van der Waals surface area contributed by atoms with Crippen LogP contribution in [0.15, 0.2) is 206 Å². The minimum absolute atomic E-state index is 0.317. The molecule has 0 aliphatic carbocycles. The van der Waals surface area contributed by atoms with Crippen molar-refractivity contribution in [3.63, 3.8) is 0 Å². The minimum Gasteiger partial charge on any atom is -0.384 e. The van der Waals surface area contributed by atoms with Crippen LogP contribution in [-0.2, 0) is 12.8 Å². The van der Waals surface area contributed by atoms with E-state index in [1.54, 1.807) is 0 Å². The quantitative estimate of drug-likeness (QED) is 0.112. The van der Waals surface area contributed by atoms with Gasteiger partial charge in [0.05, 0.1) is 17.4 Å². The van der Waals surface area contributed by atoms with Crippen LogP contribution < -0.4 is 11.5 Å². The molecule has 2 aliphatic rings. The highest BCUT2D eigenvalue weighted by Gasteiger charge is 2.29. The Hall–Kier alpha value is -6.90. The summed E-state index contributed by atoms with van der Waals surface area (Å²) in [6.45, 7) is 8.90. The molecule has 2 fully saturated rings. The van der Waals surface area contributed by atoms with Gasteiger partial charge in [0, 0.05) is 56.3 Å². The maximum absolute atomic E-state index is 5.83. The van der Waals surface area contributed by atoms with Crippen molar-refractivity contribution in [2.75, 3.05) is 63.8 Å². The molecule has 2 saturated heterocycles. The Morgan fingerprint density at radius 1 is 0.397 bits per heavy atom. The molecule has 68 heavy (non-hydrogen) atoms. The Morgan fingerprint density at radius 3 is 1.18 bits per heavy atom. The number of rotatable bonds is 14. The first-order chi connectivity index (χ1) is 33.5. The molecule has 8 aromatic rings. The number of hydrogen-bond acceptors (Lipinski definition) is 7. The van der Waals surface area contributed by atoms with Gasteiger partial charge in [-0.25, -0.2) is 9.97 Å². The summed E-state index contributed by atoms with van der Waals surface area (Å²) < 4.78 is 0. The van der Waals surface area contributed by atoms with E-state index in [9.17, 15) is 0 Å². The van der Waals surface area contributed by atoms with Gasteiger partial charge in [0.2, 0.25) is 0 Å². The first kappa shape index (κ1) is 46.2. The highest BCUT2D eigenvalue weighted by molar-refractivity contribution is 5.62. The van der Waals surface area contributed by atoms with Gasteiger partial charge in [0.1, 0.15) is 11.6 Å². The Labute approximate surface area is 404 Å². The average Bonchev–Trinajstić information content (AvgIpc) is 3.40. The van der Waals surface area contributed by atoms with E-state index in [0.29, 0.717) is 29.5 Å². The topological polar surface area (TPSA) is 87.5 Å². The van der Waals surface area contributed by atoms with Crippen molar-refractivity contribution in [2.24, 2.45) is 5.92 Å². The predicted octanol–water partition coefficient (Wildman–Crippen LogP) is 11.7. The monoisotopic (exact) mass is 896 g/mol. The molecule has 0 spiro atoms. The molecular weight excluding hydrogens is 831 g/mol. The normalized spacial score (nSPS) is 15.0. The standard InChI is InChI=1S/C31H33N3.C30H32N4/c32-30-13-7-12-29(33-30)25-16-14-24(15-17-25)18-21-34-22-19-28(20-23-34)31(26-8-3-1-4-9-26)27-10-5-2-6-11-27;31-29-13-7-12-28(32-29)25-16-14-24(15-17-25)18-19-33-20-22-34(23-21-33)30(26-8-3-1-4-9-26)27-10-5-2-6-11-27/h1-17,28,31H,18-23H2,(H2,32,33);1-17,30H,18-23H2,(H2,31,32). The van der Waals surface area contributed by atoms with E-state index in [1.165, 1.54) is 59.3 Å². The Morgan fingerprint density at radius 2 is 0.779 bits per heavy atom. The summed E-state index contributed by atoms with van der Waals surface area (Å²) in [5, 5.41) is 0. The molecule has 4 N–H and O–H groups in total. The second-order valence-corrected chi connectivity index (χ2v) is 18.4. The van der Waals surface area contributed by atoms with Gasteiger partial charge in [-0.3, -0.25) is 4.90 Å². The molecule has 6 aromatic carbocycles. The van der Waals surface area contributed by atoms with Crippen LogP contribution in [0, 0.1) is 5.92 Å². The Kier molecular flexibility index (Phi) is 15.8. The molecule has 0 amide bonds. The van der Waals surface area contributed by atoms with E-state index in [4.69, 9.17) is 11.5 Å². The molecule has 4 heterocycles. The number of nitrogen functional groups attached to an aromatic ring is 2. The number of nitrogens with two attached hydrogens (primary N) is 2. The lowest BCUT2D eigenvalue weighted by atomic mass is 9.76. The first-order valence-corrected chi connectivity index (χ1v) is 24.5. The summed E-state index contributed by atoms with van der Waals surface area (Å²) in [7, 11) is 0. The zero-order valence-electron chi connectivity index (χ0n) is 39.2. The number of piperidine rings is 1. The van der Waals surface area contributed by atoms with Gasteiger partial charge >= 0.3 is 0 Å². The van der Waals surface area contributed by atoms with Crippen molar-refractivity contribution in [1.29, 1.82) is 0 Å². The Bertz CT molecular complexity index is 2440. The number of benzene rings is 6. The second kappa shape index (κ2) is 23.2. The van der Waals surface area contributed by atoms with Crippen molar-refractivity contribution in [2.45, 2.75) is 37.6 Å². The van der Waals surface area contributed by atoms with E-state index in [2.05, 4.69) is 195 Å². The third kappa shape index (κ3) is 12.3. The smallest absolute Gasteiger partial charge is 0.124 e. The van der Waals surface area contributed by atoms with Crippen LogP contribution in [0.4, 0.5) is 11.6 Å². The van der Waals surface area contributed by atoms with Crippen LogP contribution in [0.1, 0.15) is 58.2 Å². The number of likely N-dealkylation sites (tertiary alicyclic amines) is 1. The molecule has 0 unspecified atom stereocenters. The summed E-state index contributed by atoms with van der Waals surface area (Å²) >= 11 is 0. The number of aromatic nitrogens is 2. The number of pyridine rings is 2. The van der Waals surface area contributed by atoms with Gasteiger partial charge in [0.15, 0.2) is 0 Å². The first-order valence-electron chi connectivity index (χ1n) is 24.5. The largest absolute Gasteiger partial charge is 0.384 e. The molecule has 2 aliphatic heterocycles. The van der Waals surface area contributed by atoms with Crippen LogP contribution in [0.2, 0.25) is 0 Å². The highest BCUT2D eigenvalue weighted by Crippen LogP contribution is 2.38.